The normalized spacial score (nSPS) is 16.0. The summed E-state index contributed by atoms with van der Waals surface area (Å²) in [6, 6.07) is 48.7. The van der Waals surface area contributed by atoms with Crippen LogP contribution in [0, 0.1) is 0 Å². The lowest BCUT2D eigenvalue weighted by Crippen LogP contribution is -2.15. The number of rotatable bonds is 4. The summed E-state index contributed by atoms with van der Waals surface area (Å²) in [6.07, 6.45) is 2.19. The van der Waals surface area contributed by atoms with E-state index in [0.717, 1.165) is 101 Å². The molecule has 5 nitrogen and oxygen atoms in total. The Hall–Kier alpha value is -6.46. The molecule has 254 valence electrons. The zero-order valence-corrected chi connectivity index (χ0v) is 29.5. The maximum atomic E-state index is 6.89. The van der Waals surface area contributed by atoms with Crippen LogP contribution in [0.1, 0.15) is 49.8 Å². The van der Waals surface area contributed by atoms with Crippen molar-refractivity contribution in [2.45, 2.75) is 38.5 Å². The number of hydrogen-bond acceptors (Lipinski definition) is 4. The van der Waals surface area contributed by atoms with Crippen LogP contribution < -0.4 is 0 Å². The van der Waals surface area contributed by atoms with E-state index in [2.05, 4.69) is 134 Å². The molecule has 0 spiro atoms. The molecule has 5 heteroatoms. The van der Waals surface area contributed by atoms with Crippen molar-refractivity contribution < 1.29 is 8.83 Å². The van der Waals surface area contributed by atoms with Gasteiger partial charge in [0.05, 0.1) is 16.9 Å². The number of aromatic nitrogens is 3. The van der Waals surface area contributed by atoms with Crippen LogP contribution >= 0.6 is 0 Å². The average molecular weight is 686 g/mol. The van der Waals surface area contributed by atoms with Crippen molar-refractivity contribution in [3.8, 4) is 39.6 Å². The molecule has 0 fully saturated rings. The Morgan fingerprint density at radius 1 is 0.528 bits per heavy atom. The summed E-state index contributed by atoms with van der Waals surface area (Å²) in [5.41, 5.74) is 13.4. The molecule has 0 amide bonds. The Morgan fingerprint density at radius 2 is 1.11 bits per heavy atom. The van der Waals surface area contributed by atoms with Crippen LogP contribution in [0.4, 0.5) is 0 Å². The molecule has 0 radical (unpaired) electrons. The van der Waals surface area contributed by atoms with E-state index in [0.29, 0.717) is 11.9 Å². The van der Waals surface area contributed by atoms with E-state index in [1.807, 2.05) is 24.3 Å². The highest BCUT2D eigenvalue weighted by atomic mass is 16.3. The summed E-state index contributed by atoms with van der Waals surface area (Å²) in [4.78, 5) is 10.9. The van der Waals surface area contributed by atoms with Crippen molar-refractivity contribution >= 4 is 54.8 Å². The SMILES string of the molecule is CC1CCC(C)c2c1c1c3oc4ccccc4c3cc(-c3ccc4oc5ccccc5c4c3)c1n2-c1nc(-c2ccccc2)cc(-c2ccccc2)n1. The second kappa shape index (κ2) is 11.5. The first kappa shape index (κ1) is 30.2. The van der Waals surface area contributed by atoms with Crippen molar-refractivity contribution in [2.75, 3.05) is 0 Å². The van der Waals surface area contributed by atoms with Crippen LogP contribution in [0.15, 0.2) is 148 Å². The van der Waals surface area contributed by atoms with Crippen LogP contribution in [-0.2, 0) is 0 Å². The highest BCUT2D eigenvalue weighted by molar-refractivity contribution is 6.21. The van der Waals surface area contributed by atoms with Gasteiger partial charge < -0.3 is 8.83 Å². The van der Waals surface area contributed by atoms with Gasteiger partial charge in [-0.25, -0.2) is 9.97 Å². The van der Waals surface area contributed by atoms with Gasteiger partial charge in [0.25, 0.3) is 0 Å². The molecule has 10 aromatic rings. The van der Waals surface area contributed by atoms with E-state index in [1.54, 1.807) is 0 Å². The number of fused-ring (bicyclic) bond motifs is 10. The summed E-state index contributed by atoms with van der Waals surface area (Å²) < 4.78 is 15.6. The highest BCUT2D eigenvalue weighted by Gasteiger charge is 2.35. The Morgan fingerprint density at radius 3 is 1.81 bits per heavy atom. The predicted octanol–water partition coefficient (Wildman–Crippen LogP) is 13.2. The van der Waals surface area contributed by atoms with Gasteiger partial charge in [-0.1, -0.05) is 117 Å². The van der Waals surface area contributed by atoms with Gasteiger partial charge in [-0.3, -0.25) is 4.57 Å². The van der Waals surface area contributed by atoms with E-state index in [9.17, 15) is 0 Å². The number of para-hydroxylation sites is 2. The number of furan rings is 2. The maximum absolute atomic E-state index is 6.89. The van der Waals surface area contributed by atoms with E-state index in [4.69, 9.17) is 18.8 Å². The Bertz CT molecular complexity index is 2980. The van der Waals surface area contributed by atoms with Crippen LogP contribution in [0.25, 0.3) is 94.4 Å². The van der Waals surface area contributed by atoms with Crippen molar-refractivity contribution in [1.82, 2.24) is 14.5 Å². The van der Waals surface area contributed by atoms with Gasteiger partial charge in [0, 0.05) is 49.3 Å². The van der Waals surface area contributed by atoms with Crippen LogP contribution in [-0.4, -0.2) is 14.5 Å². The number of hydrogen-bond donors (Lipinski definition) is 0. The molecule has 6 aromatic carbocycles. The fourth-order valence-electron chi connectivity index (χ4n) is 8.84. The van der Waals surface area contributed by atoms with Crippen molar-refractivity contribution in [2.24, 2.45) is 0 Å². The summed E-state index contributed by atoms with van der Waals surface area (Å²) in [5.74, 6) is 1.28. The quantitative estimate of drug-likeness (QED) is 0.185. The zero-order chi connectivity index (χ0) is 35.2. The lowest BCUT2D eigenvalue weighted by molar-refractivity contribution is 0.513. The zero-order valence-electron chi connectivity index (χ0n) is 29.5. The van der Waals surface area contributed by atoms with Crippen molar-refractivity contribution in [3.63, 3.8) is 0 Å². The molecule has 0 bridgehead atoms. The molecule has 0 saturated heterocycles. The van der Waals surface area contributed by atoms with E-state index >= 15 is 0 Å². The Labute approximate surface area is 306 Å². The molecule has 4 aromatic heterocycles. The summed E-state index contributed by atoms with van der Waals surface area (Å²) in [6.45, 7) is 4.73. The maximum Gasteiger partial charge on any atom is 0.235 e. The minimum absolute atomic E-state index is 0.283. The molecular formula is C48H35N3O2. The minimum atomic E-state index is 0.283. The molecule has 0 aliphatic heterocycles. The second-order valence-corrected chi connectivity index (χ2v) is 14.6. The predicted molar refractivity (Wildman–Crippen MR) is 216 cm³/mol. The van der Waals surface area contributed by atoms with Crippen LogP contribution in [0.3, 0.4) is 0 Å². The Kier molecular flexibility index (Phi) is 6.57. The lowest BCUT2D eigenvalue weighted by atomic mass is 9.80. The summed E-state index contributed by atoms with van der Waals surface area (Å²) >= 11 is 0. The van der Waals surface area contributed by atoms with Crippen molar-refractivity contribution in [3.05, 3.63) is 151 Å². The minimum Gasteiger partial charge on any atom is -0.456 e. The fourth-order valence-corrected chi connectivity index (χ4v) is 8.84. The first-order valence-corrected chi connectivity index (χ1v) is 18.5. The van der Waals surface area contributed by atoms with Gasteiger partial charge in [0.2, 0.25) is 5.95 Å². The standard InChI is InChI=1S/C48H35N3O2/c1-28-21-22-29(2)45-43(28)44-46(51(45)48-49-38(30-13-5-3-6-14-30)27-39(50-48)31-15-7-4-8-16-31)35(26-37-34-18-10-12-20-41(34)53-47(37)44)32-23-24-42-36(25-32)33-17-9-11-19-40(33)52-42/h3-20,23-29H,21-22H2,1-2H3. The van der Waals surface area contributed by atoms with Crippen LogP contribution in [0.5, 0.6) is 0 Å². The largest absolute Gasteiger partial charge is 0.456 e. The first-order valence-electron chi connectivity index (χ1n) is 18.5. The second-order valence-electron chi connectivity index (χ2n) is 14.6. The van der Waals surface area contributed by atoms with Gasteiger partial charge in [-0.2, -0.15) is 0 Å². The number of benzene rings is 6. The molecule has 2 atom stereocenters. The molecule has 11 rings (SSSR count). The monoisotopic (exact) mass is 685 g/mol. The van der Waals surface area contributed by atoms with Gasteiger partial charge in [-0.15, -0.1) is 0 Å². The average Bonchev–Trinajstić information content (AvgIpc) is 3.90. The molecular weight excluding hydrogens is 651 g/mol. The smallest absolute Gasteiger partial charge is 0.235 e. The molecule has 53 heavy (non-hydrogen) atoms. The topological polar surface area (TPSA) is 57.0 Å². The third kappa shape index (κ3) is 4.56. The van der Waals surface area contributed by atoms with E-state index < -0.39 is 0 Å². The Balaban J connectivity index is 1.32. The van der Waals surface area contributed by atoms with Gasteiger partial charge >= 0.3 is 0 Å². The fraction of sp³-hybridized carbons (Fsp3) is 0.125. The third-order valence-corrected chi connectivity index (χ3v) is 11.4. The summed E-state index contributed by atoms with van der Waals surface area (Å²) in [7, 11) is 0. The highest BCUT2D eigenvalue weighted by Crippen LogP contribution is 2.51. The van der Waals surface area contributed by atoms with Gasteiger partial charge in [0.1, 0.15) is 22.3 Å². The lowest BCUT2D eigenvalue weighted by Gasteiger charge is -2.26. The molecule has 1 aliphatic carbocycles. The van der Waals surface area contributed by atoms with E-state index in [-0.39, 0.29) is 5.92 Å². The molecule has 2 unspecified atom stereocenters. The first-order chi connectivity index (χ1) is 26.1. The van der Waals surface area contributed by atoms with Crippen LogP contribution in [0.2, 0.25) is 0 Å². The summed E-state index contributed by atoms with van der Waals surface area (Å²) in [5, 5.41) is 5.61. The molecule has 0 saturated carbocycles. The molecule has 0 N–H and O–H groups in total. The van der Waals surface area contributed by atoms with Gasteiger partial charge in [-0.05, 0) is 72.2 Å². The molecule has 4 heterocycles. The molecule has 1 aliphatic rings. The van der Waals surface area contributed by atoms with Crippen molar-refractivity contribution in [1.29, 1.82) is 0 Å². The number of nitrogens with zero attached hydrogens (tertiary/aromatic N) is 3. The van der Waals surface area contributed by atoms with E-state index in [1.165, 1.54) is 11.3 Å². The van der Waals surface area contributed by atoms with Gasteiger partial charge in [0.15, 0.2) is 0 Å². The third-order valence-electron chi connectivity index (χ3n) is 11.4.